The van der Waals surface area contributed by atoms with Crippen molar-refractivity contribution < 1.29 is 4.79 Å². The normalized spacial score (nSPS) is 11.4. The molecule has 1 aromatic carbocycles. The van der Waals surface area contributed by atoms with Crippen molar-refractivity contribution in [3.63, 3.8) is 0 Å². The largest absolute Gasteiger partial charge is 0.351 e. The molecule has 1 amide bonds. The number of thiazole rings is 1. The molecule has 0 fully saturated rings. The molecule has 0 saturated carbocycles. The van der Waals surface area contributed by atoms with Gasteiger partial charge in [0.25, 0.3) is 0 Å². The van der Waals surface area contributed by atoms with E-state index in [-0.39, 0.29) is 18.0 Å². The lowest BCUT2D eigenvalue weighted by Crippen LogP contribution is -2.43. The average molecular weight is 303 g/mol. The zero-order valence-electron chi connectivity index (χ0n) is 12.6. The Morgan fingerprint density at radius 1 is 1.38 bits per heavy atom. The van der Waals surface area contributed by atoms with E-state index in [1.54, 1.807) is 17.5 Å². The Balaban J connectivity index is 1.80. The van der Waals surface area contributed by atoms with Gasteiger partial charge in [-0.2, -0.15) is 0 Å². The van der Waals surface area contributed by atoms with Crippen LogP contribution < -0.4 is 10.6 Å². The molecular weight excluding hydrogens is 282 g/mol. The molecule has 0 aliphatic heterocycles. The molecule has 0 aliphatic rings. The van der Waals surface area contributed by atoms with Crippen LogP contribution >= 0.6 is 11.3 Å². The van der Waals surface area contributed by atoms with Crippen LogP contribution in [0.15, 0.2) is 35.8 Å². The molecule has 21 heavy (non-hydrogen) atoms. The zero-order chi connectivity index (χ0) is 15.3. The highest BCUT2D eigenvalue weighted by Crippen LogP contribution is 2.21. The van der Waals surface area contributed by atoms with Crippen LogP contribution in [0.1, 0.15) is 30.0 Å². The summed E-state index contributed by atoms with van der Waals surface area (Å²) in [4.78, 5) is 16.2. The van der Waals surface area contributed by atoms with Gasteiger partial charge in [0.15, 0.2) is 0 Å². The van der Waals surface area contributed by atoms with Crippen molar-refractivity contribution in [3.8, 4) is 0 Å². The van der Waals surface area contributed by atoms with Crippen LogP contribution in [0.4, 0.5) is 0 Å². The quantitative estimate of drug-likeness (QED) is 0.862. The predicted octanol–water partition coefficient (Wildman–Crippen LogP) is 2.59. The Hall–Kier alpha value is -1.72. The minimum atomic E-state index is -0.297. The van der Waals surface area contributed by atoms with E-state index >= 15 is 0 Å². The molecule has 0 spiro atoms. The van der Waals surface area contributed by atoms with Gasteiger partial charge in [0.1, 0.15) is 5.01 Å². The number of hydrogen-bond donors (Lipinski definition) is 2. The van der Waals surface area contributed by atoms with Crippen molar-refractivity contribution in [3.05, 3.63) is 52.0 Å². The monoisotopic (exact) mass is 303 g/mol. The molecule has 2 N–H and O–H groups in total. The fraction of sp³-hybridized carbons (Fsp3) is 0.375. The minimum absolute atomic E-state index is 0.0128. The number of carbonyl (C=O) groups is 1. The summed E-state index contributed by atoms with van der Waals surface area (Å²) in [5.41, 5.74) is 2.02. The van der Waals surface area contributed by atoms with E-state index in [2.05, 4.69) is 21.7 Å². The van der Waals surface area contributed by atoms with Crippen molar-refractivity contribution in [2.45, 2.75) is 32.9 Å². The summed E-state index contributed by atoms with van der Waals surface area (Å²) in [6.45, 7) is 6.93. The standard InChI is InChI=1S/C16H21N3OS/c1-12-5-4-6-13(9-12)10-18-14(20)11-19-16(2,3)15-17-7-8-21-15/h4-9,19H,10-11H2,1-3H3,(H,18,20). The maximum atomic E-state index is 11.9. The SMILES string of the molecule is Cc1cccc(CNC(=O)CNC(C)(C)c2nccs2)c1. The number of nitrogens with zero attached hydrogens (tertiary/aromatic N) is 1. The van der Waals surface area contributed by atoms with Gasteiger partial charge in [-0.1, -0.05) is 29.8 Å². The second kappa shape index (κ2) is 6.83. The van der Waals surface area contributed by atoms with Gasteiger partial charge in [-0.25, -0.2) is 4.98 Å². The number of rotatable bonds is 6. The zero-order valence-corrected chi connectivity index (χ0v) is 13.5. The summed E-state index contributed by atoms with van der Waals surface area (Å²) in [5, 5.41) is 9.09. The number of aromatic nitrogens is 1. The topological polar surface area (TPSA) is 54.0 Å². The highest BCUT2D eigenvalue weighted by Gasteiger charge is 2.23. The Kier molecular flexibility index (Phi) is 5.09. The van der Waals surface area contributed by atoms with Gasteiger partial charge in [-0.3, -0.25) is 10.1 Å². The van der Waals surface area contributed by atoms with E-state index in [9.17, 15) is 4.79 Å². The van der Waals surface area contributed by atoms with Gasteiger partial charge < -0.3 is 5.32 Å². The highest BCUT2D eigenvalue weighted by atomic mass is 32.1. The summed E-state index contributed by atoms with van der Waals surface area (Å²) < 4.78 is 0. The predicted molar refractivity (Wildman–Crippen MR) is 86.2 cm³/mol. The van der Waals surface area contributed by atoms with E-state index in [4.69, 9.17) is 0 Å². The molecule has 2 rings (SSSR count). The third kappa shape index (κ3) is 4.65. The number of benzene rings is 1. The Morgan fingerprint density at radius 2 is 2.19 bits per heavy atom. The van der Waals surface area contributed by atoms with Crippen molar-refractivity contribution in [2.24, 2.45) is 0 Å². The lowest BCUT2D eigenvalue weighted by atomic mass is 10.1. The molecular formula is C16H21N3OS. The van der Waals surface area contributed by atoms with Crippen molar-refractivity contribution in [1.29, 1.82) is 0 Å². The summed E-state index contributed by atoms with van der Waals surface area (Å²) in [6.07, 6.45) is 1.78. The molecule has 2 aromatic rings. The van der Waals surface area contributed by atoms with Crippen LogP contribution in [0, 0.1) is 6.92 Å². The van der Waals surface area contributed by atoms with Gasteiger partial charge in [-0.05, 0) is 26.3 Å². The van der Waals surface area contributed by atoms with Gasteiger partial charge in [0, 0.05) is 18.1 Å². The lowest BCUT2D eigenvalue weighted by Gasteiger charge is -2.23. The van der Waals surface area contributed by atoms with Gasteiger partial charge in [0.2, 0.25) is 5.91 Å². The molecule has 4 nitrogen and oxygen atoms in total. The Bertz CT molecular complexity index is 593. The summed E-state index contributed by atoms with van der Waals surface area (Å²) >= 11 is 1.59. The lowest BCUT2D eigenvalue weighted by molar-refractivity contribution is -0.120. The Labute approximate surface area is 129 Å². The van der Waals surface area contributed by atoms with E-state index in [1.807, 2.05) is 44.4 Å². The molecule has 0 unspecified atom stereocenters. The van der Waals surface area contributed by atoms with E-state index in [0.29, 0.717) is 6.54 Å². The van der Waals surface area contributed by atoms with Crippen LogP contribution in [-0.4, -0.2) is 17.4 Å². The second-order valence-electron chi connectivity index (χ2n) is 5.58. The summed E-state index contributed by atoms with van der Waals surface area (Å²) in [5.74, 6) is -0.0128. The highest BCUT2D eigenvalue weighted by molar-refractivity contribution is 7.09. The van der Waals surface area contributed by atoms with Crippen molar-refractivity contribution in [2.75, 3.05) is 6.54 Å². The van der Waals surface area contributed by atoms with Crippen LogP contribution in [0.5, 0.6) is 0 Å². The summed E-state index contributed by atoms with van der Waals surface area (Å²) in [6, 6.07) is 8.14. The third-order valence-corrected chi connectivity index (χ3v) is 4.33. The van der Waals surface area contributed by atoms with Crippen LogP contribution in [0.25, 0.3) is 0 Å². The fourth-order valence-electron chi connectivity index (χ4n) is 1.99. The first-order valence-electron chi connectivity index (χ1n) is 6.94. The first-order chi connectivity index (χ1) is 9.97. The molecule has 1 aromatic heterocycles. The molecule has 0 bridgehead atoms. The third-order valence-electron chi connectivity index (χ3n) is 3.23. The molecule has 112 valence electrons. The number of amides is 1. The number of nitrogens with one attached hydrogen (secondary N) is 2. The van der Waals surface area contributed by atoms with Gasteiger partial charge in [-0.15, -0.1) is 11.3 Å². The second-order valence-corrected chi connectivity index (χ2v) is 6.48. The molecule has 5 heteroatoms. The average Bonchev–Trinajstić information content (AvgIpc) is 2.98. The van der Waals surface area contributed by atoms with Crippen LogP contribution in [0.3, 0.4) is 0 Å². The molecule has 0 saturated heterocycles. The molecule has 0 aliphatic carbocycles. The number of carbonyl (C=O) groups excluding carboxylic acids is 1. The number of aryl methyl sites for hydroxylation is 1. The first kappa shape index (κ1) is 15.7. The smallest absolute Gasteiger partial charge is 0.234 e. The minimum Gasteiger partial charge on any atom is -0.351 e. The molecule has 1 heterocycles. The van der Waals surface area contributed by atoms with Crippen LogP contribution in [-0.2, 0) is 16.9 Å². The summed E-state index contributed by atoms with van der Waals surface area (Å²) in [7, 11) is 0. The van der Waals surface area contributed by atoms with Crippen molar-refractivity contribution in [1.82, 2.24) is 15.6 Å². The maximum absolute atomic E-state index is 11.9. The maximum Gasteiger partial charge on any atom is 0.234 e. The van der Waals surface area contributed by atoms with Crippen molar-refractivity contribution >= 4 is 17.2 Å². The molecule has 0 radical (unpaired) electrons. The fourth-order valence-corrected chi connectivity index (χ4v) is 2.73. The number of hydrogen-bond acceptors (Lipinski definition) is 4. The Morgan fingerprint density at radius 3 is 2.86 bits per heavy atom. The van der Waals surface area contributed by atoms with Gasteiger partial charge in [0.05, 0.1) is 12.1 Å². The van der Waals surface area contributed by atoms with E-state index < -0.39 is 0 Å². The van der Waals surface area contributed by atoms with E-state index in [1.165, 1.54) is 5.56 Å². The van der Waals surface area contributed by atoms with Crippen LogP contribution in [0.2, 0.25) is 0 Å². The van der Waals surface area contributed by atoms with E-state index in [0.717, 1.165) is 10.6 Å². The molecule has 0 atom stereocenters. The van der Waals surface area contributed by atoms with Gasteiger partial charge >= 0.3 is 0 Å². The first-order valence-corrected chi connectivity index (χ1v) is 7.82.